The third kappa shape index (κ3) is 4.34. The predicted molar refractivity (Wildman–Crippen MR) is 77.3 cm³/mol. The molecule has 2 rings (SSSR count). The quantitative estimate of drug-likeness (QED) is 0.847. The van der Waals surface area contributed by atoms with Crippen LogP contribution in [-0.2, 0) is 0 Å². The van der Waals surface area contributed by atoms with Crippen molar-refractivity contribution >= 4 is 20.7 Å². The van der Waals surface area contributed by atoms with Crippen LogP contribution in [0.4, 0.5) is 0 Å². The minimum absolute atomic E-state index is 0. The molecule has 0 aromatic heterocycles. The number of rotatable bonds is 4. The maximum Gasteiger partial charge on any atom is 0.242 e. The summed E-state index contributed by atoms with van der Waals surface area (Å²) in [5.41, 5.74) is 7.39. The van der Waals surface area contributed by atoms with Crippen LogP contribution in [0.2, 0.25) is 19.6 Å². The summed E-state index contributed by atoms with van der Waals surface area (Å²) in [4.78, 5) is 0. The molecule has 96 valence electrons. The fraction of sp³-hybridized carbons (Fsp3) is 0.538. The second-order valence-electron chi connectivity index (χ2n) is 5.65. The molecular weight excluding hydrogens is 250 g/mol. The fourth-order valence-electron chi connectivity index (χ4n) is 1.84. The second-order valence-corrected chi connectivity index (χ2v) is 10.1. The Morgan fingerprint density at radius 3 is 2.12 bits per heavy atom. The first-order chi connectivity index (χ1) is 7.46. The first-order valence-corrected chi connectivity index (χ1v) is 9.41. The van der Waals surface area contributed by atoms with Crippen molar-refractivity contribution in [1.29, 1.82) is 0 Å². The van der Waals surface area contributed by atoms with Crippen molar-refractivity contribution in [2.45, 2.75) is 38.5 Å². The van der Waals surface area contributed by atoms with Gasteiger partial charge in [0.25, 0.3) is 0 Å². The van der Waals surface area contributed by atoms with Gasteiger partial charge in [-0.1, -0.05) is 12.1 Å². The van der Waals surface area contributed by atoms with Crippen LogP contribution in [0, 0.1) is 5.92 Å². The van der Waals surface area contributed by atoms with E-state index in [0.29, 0.717) is 5.92 Å². The highest BCUT2D eigenvalue weighted by molar-refractivity contribution is 6.70. The van der Waals surface area contributed by atoms with Gasteiger partial charge >= 0.3 is 0 Å². The topological polar surface area (TPSA) is 35.2 Å². The van der Waals surface area contributed by atoms with Gasteiger partial charge in [-0.05, 0) is 56.1 Å². The molecule has 0 spiro atoms. The van der Waals surface area contributed by atoms with Crippen LogP contribution < -0.4 is 10.2 Å². The van der Waals surface area contributed by atoms with Crippen LogP contribution in [0.25, 0.3) is 0 Å². The van der Waals surface area contributed by atoms with Gasteiger partial charge in [-0.3, -0.25) is 0 Å². The normalized spacial score (nSPS) is 17.2. The molecule has 1 aliphatic rings. The molecule has 1 atom stereocenters. The van der Waals surface area contributed by atoms with Gasteiger partial charge in [-0.15, -0.1) is 12.4 Å². The molecule has 17 heavy (non-hydrogen) atoms. The number of benzene rings is 1. The summed E-state index contributed by atoms with van der Waals surface area (Å²) >= 11 is 0. The van der Waals surface area contributed by atoms with E-state index in [2.05, 4.69) is 43.9 Å². The summed E-state index contributed by atoms with van der Waals surface area (Å²) in [6.45, 7) is 6.57. The Morgan fingerprint density at radius 2 is 1.71 bits per heavy atom. The third-order valence-corrected chi connectivity index (χ3v) is 3.67. The number of hydrogen-bond donors (Lipinski definition) is 1. The molecule has 1 aromatic rings. The van der Waals surface area contributed by atoms with Gasteiger partial charge in [0, 0.05) is 6.04 Å². The molecular formula is C13H22ClNOSi. The van der Waals surface area contributed by atoms with Crippen molar-refractivity contribution in [3.05, 3.63) is 29.8 Å². The van der Waals surface area contributed by atoms with E-state index in [1.54, 1.807) is 0 Å². The van der Waals surface area contributed by atoms with E-state index in [4.69, 9.17) is 10.2 Å². The lowest BCUT2D eigenvalue weighted by atomic mass is 10.0. The molecule has 1 fully saturated rings. The van der Waals surface area contributed by atoms with E-state index >= 15 is 0 Å². The minimum Gasteiger partial charge on any atom is -0.544 e. The maximum absolute atomic E-state index is 6.15. The molecule has 1 aliphatic carbocycles. The smallest absolute Gasteiger partial charge is 0.242 e. The average molecular weight is 272 g/mol. The Labute approximate surface area is 111 Å². The Kier molecular flexibility index (Phi) is 4.64. The van der Waals surface area contributed by atoms with Gasteiger partial charge in [0.15, 0.2) is 0 Å². The molecule has 1 saturated carbocycles. The molecule has 4 heteroatoms. The Bertz CT molecular complexity index is 357. The Hall–Kier alpha value is -0.513. The summed E-state index contributed by atoms with van der Waals surface area (Å²) in [6, 6.07) is 8.55. The summed E-state index contributed by atoms with van der Waals surface area (Å²) in [6.07, 6.45) is 2.57. The SMILES string of the molecule is C[Si](C)(C)Oc1ccc([C@H](N)C2CC2)cc1.Cl. The van der Waals surface area contributed by atoms with Crippen LogP contribution in [0.5, 0.6) is 5.75 Å². The van der Waals surface area contributed by atoms with Gasteiger partial charge < -0.3 is 10.2 Å². The summed E-state index contributed by atoms with van der Waals surface area (Å²) < 4.78 is 5.91. The monoisotopic (exact) mass is 271 g/mol. The van der Waals surface area contributed by atoms with E-state index in [9.17, 15) is 0 Å². The van der Waals surface area contributed by atoms with Crippen molar-refractivity contribution in [2.24, 2.45) is 11.7 Å². The highest BCUT2D eigenvalue weighted by Crippen LogP contribution is 2.39. The molecule has 0 bridgehead atoms. The highest BCUT2D eigenvalue weighted by Gasteiger charge is 2.29. The predicted octanol–water partition coefficient (Wildman–Crippen LogP) is 3.73. The van der Waals surface area contributed by atoms with Crippen LogP contribution >= 0.6 is 12.4 Å². The standard InChI is InChI=1S/C13H21NOSi.ClH/c1-16(2,3)15-12-8-6-11(7-9-12)13(14)10-4-5-10;/h6-10,13H,4-5,14H2,1-3H3;1H/t13-;/m1./s1. The van der Waals surface area contributed by atoms with Crippen LogP contribution in [0.15, 0.2) is 24.3 Å². The van der Waals surface area contributed by atoms with Gasteiger partial charge in [-0.2, -0.15) is 0 Å². The largest absolute Gasteiger partial charge is 0.544 e. The van der Waals surface area contributed by atoms with E-state index in [-0.39, 0.29) is 18.4 Å². The van der Waals surface area contributed by atoms with E-state index < -0.39 is 8.32 Å². The van der Waals surface area contributed by atoms with Gasteiger partial charge in [-0.25, -0.2) is 0 Å². The highest BCUT2D eigenvalue weighted by atomic mass is 35.5. The number of hydrogen-bond acceptors (Lipinski definition) is 2. The van der Waals surface area contributed by atoms with Gasteiger partial charge in [0.2, 0.25) is 8.32 Å². The Balaban J connectivity index is 0.00000144. The van der Waals surface area contributed by atoms with Crippen LogP contribution in [0.3, 0.4) is 0 Å². The molecule has 0 radical (unpaired) electrons. The summed E-state index contributed by atoms with van der Waals surface area (Å²) in [5.74, 6) is 1.69. The van der Waals surface area contributed by atoms with Crippen molar-refractivity contribution in [2.75, 3.05) is 0 Å². The molecule has 2 N–H and O–H groups in total. The van der Waals surface area contributed by atoms with Crippen molar-refractivity contribution in [3.8, 4) is 5.75 Å². The second kappa shape index (κ2) is 5.42. The summed E-state index contributed by atoms with van der Waals surface area (Å²) in [7, 11) is -1.48. The Morgan fingerprint density at radius 1 is 1.18 bits per heavy atom. The van der Waals surface area contributed by atoms with E-state index in [1.165, 1.54) is 18.4 Å². The molecule has 1 aromatic carbocycles. The lowest BCUT2D eigenvalue weighted by Gasteiger charge is -2.19. The molecule has 0 heterocycles. The lowest BCUT2D eigenvalue weighted by molar-refractivity contribution is 0.556. The first-order valence-electron chi connectivity index (χ1n) is 6.00. The zero-order valence-corrected chi connectivity index (χ0v) is 12.6. The summed E-state index contributed by atoms with van der Waals surface area (Å²) in [5, 5.41) is 0. The zero-order chi connectivity index (χ0) is 11.8. The van der Waals surface area contributed by atoms with Gasteiger partial charge in [0.05, 0.1) is 0 Å². The molecule has 2 nitrogen and oxygen atoms in total. The first kappa shape index (κ1) is 14.5. The average Bonchev–Trinajstić information content (AvgIpc) is 2.98. The van der Waals surface area contributed by atoms with Crippen LogP contribution in [-0.4, -0.2) is 8.32 Å². The van der Waals surface area contributed by atoms with Crippen molar-refractivity contribution in [3.63, 3.8) is 0 Å². The fourth-order valence-corrected chi connectivity index (χ4v) is 2.68. The van der Waals surface area contributed by atoms with Crippen molar-refractivity contribution < 1.29 is 4.43 Å². The van der Waals surface area contributed by atoms with Crippen molar-refractivity contribution in [1.82, 2.24) is 0 Å². The molecule has 0 amide bonds. The van der Waals surface area contributed by atoms with Gasteiger partial charge in [0.1, 0.15) is 5.75 Å². The maximum atomic E-state index is 6.15. The van der Waals surface area contributed by atoms with E-state index in [1.807, 2.05) is 0 Å². The minimum atomic E-state index is -1.48. The molecule has 0 unspecified atom stereocenters. The number of nitrogens with two attached hydrogens (primary N) is 1. The van der Waals surface area contributed by atoms with E-state index in [0.717, 1.165) is 5.75 Å². The third-order valence-electron chi connectivity index (χ3n) is 2.82. The number of halogens is 1. The molecule has 0 saturated heterocycles. The van der Waals surface area contributed by atoms with Crippen LogP contribution in [0.1, 0.15) is 24.4 Å². The molecule has 0 aliphatic heterocycles. The zero-order valence-electron chi connectivity index (χ0n) is 10.8. The lowest BCUT2D eigenvalue weighted by Crippen LogP contribution is -2.29.